The van der Waals surface area contributed by atoms with E-state index in [-0.39, 0.29) is 21.4 Å². The fraction of sp³-hybridized carbons (Fsp3) is 0. The number of halogens is 4. The minimum absolute atomic E-state index is 0.00917. The van der Waals surface area contributed by atoms with Crippen LogP contribution in [0.4, 0.5) is 8.78 Å². The lowest BCUT2D eigenvalue weighted by molar-refractivity contribution is 0.585. The molecule has 82 valence electrons. The van der Waals surface area contributed by atoms with E-state index >= 15 is 0 Å². The van der Waals surface area contributed by atoms with E-state index in [1.807, 2.05) is 0 Å². The van der Waals surface area contributed by atoms with Gasteiger partial charge in [0.15, 0.2) is 10.3 Å². The van der Waals surface area contributed by atoms with Crippen LogP contribution in [0, 0.1) is 11.6 Å². The zero-order chi connectivity index (χ0) is 11.7. The van der Waals surface area contributed by atoms with Crippen LogP contribution in [-0.4, -0.2) is 10.2 Å². The van der Waals surface area contributed by atoms with Gasteiger partial charge >= 0.3 is 0 Å². The zero-order valence-corrected chi connectivity index (χ0v) is 9.23. The number of nitrogens with zero attached hydrogens (tertiary/aromatic N) is 2. The van der Waals surface area contributed by atoms with Crippen molar-refractivity contribution in [3.8, 4) is 11.1 Å². The summed E-state index contributed by atoms with van der Waals surface area (Å²) < 4.78 is 26.2. The second-order valence-corrected chi connectivity index (χ2v) is 3.74. The van der Waals surface area contributed by atoms with Crippen molar-refractivity contribution in [2.75, 3.05) is 0 Å². The van der Waals surface area contributed by atoms with Gasteiger partial charge in [0.05, 0.1) is 0 Å². The van der Waals surface area contributed by atoms with Crippen LogP contribution < -0.4 is 0 Å². The first-order chi connectivity index (χ1) is 7.58. The van der Waals surface area contributed by atoms with Crippen LogP contribution in [-0.2, 0) is 0 Å². The summed E-state index contributed by atoms with van der Waals surface area (Å²) in [6.45, 7) is 0. The summed E-state index contributed by atoms with van der Waals surface area (Å²) in [7, 11) is 0. The minimum Gasteiger partial charge on any atom is -0.207 e. The quantitative estimate of drug-likeness (QED) is 0.781. The molecule has 0 fully saturated rings. The third kappa shape index (κ3) is 2.13. The molecular formula is C10H4Cl2F2N2. The largest absolute Gasteiger partial charge is 0.207 e. The van der Waals surface area contributed by atoms with Gasteiger partial charge in [0.25, 0.3) is 0 Å². The molecule has 1 aromatic carbocycles. The fourth-order valence-corrected chi connectivity index (χ4v) is 1.59. The van der Waals surface area contributed by atoms with Crippen molar-refractivity contribution in [1.82, 2.24) is 10.2 Å². The van der Waals surface area contributed by atoms with Gasteiger partial charge in [-0.05, 0) is 18.2 Å². The molecule has 1 heterocycles. The molecule has 0 aliphatic heterocycles. The van der Waals surface area contributed by atoms with Crippen LogP contribution in [0.3, 0.4) is 0 Å². The van der Waals surface area contributed by atoms with Gasteiger partial charge in [-0.3, -0.25) is 0 Å². The lowest BCUT2D eigenvalue weighted by atomic mass is 10.1. The number of hydrogen-bond acceptors (Lipinski definition) is 2. The molecule has 0 N–H and O–H groups in total. The van der Waals surface area contributed by atoms with Gasteiger partial charge in [-0.1, -0.05) is 23.2 Å². The van der Waals surface area contributed by atoms with Crippen molar-refractivity contribution >= 4 is 23.2 Å². The molecule has 0 saturated carbocycles. The van der Waals surface area contributed by atoms with Crippen molar-refractivity contribution in [3.05, 3.63) is 46.2 Å². The zero-order valence-electron chi connectivity index (χ0n) is 7.72. The second-order valence-electron chi connectivity index (χ2n) is 3.00. The van der Waals surface area contributed by atoms with E-state index in [1.165, 1.54) is 12.1 Å². The molecule has 16 heavy (non-hydrogen) atoms. The summed E-state index contributed by atoms with van der Waals surface area (Å²) in [5.41, 5.74) is 0.405. The van der Waals surface area contributed by atoms with E-state index in [9.17, 15) is 8.78 Å². The predicted molar refractivity (Wildman–Crippen MR) is 57.4 cm³/mol. The number of rotatable bonds is 1. The SMILES string of the molecule is Fc1ccc(-c2cc(Cl)nnc2Cl)c(F)c1. The van der Waals surface area contributed by atoms with Gasteiger partial charge in [0, 0.05) is 17.2 Å². The third-order valence-corrected chi connectivity index (χ3v) is 2.40. The van der Waals surface area contributed by atoms with Gasteiger partial charge in [0.1, 0.15) is 11.6 Å². The minimum atomic E-state index is -0.731. The lowest BCUT2D eigenvalue weighted by Gasteiger charge is -2.04. The topological polar surface area (TPSA) is 25.8 Å². The van der Waals surface area contributed by atoms with E-state index in [4.69, 9.17) is 23.2 Å². The average Bonchev–Trinajstić information content (AvgIpc) is 2.22. The summed E-state index contributed by atoms with van der Waals surface area (Å²) in [6.07, 6.45) is 0. The summed E-state index contributed by atoms with van der Waals surface area (Å²) in [5, 5.41) is 7.14. The van der Waals surface area contributed by atoms with Crippen molar-refractivity contribution < 1.29 is 8.78 Å². The number of aromatic nitrogens is 2. The smallest absolute Gasteiger partial charge is 0.159 e. The first kappa shape index (κ1) is 11.2. The molecule has 0 radical (unpaired) electrons. The Morgan fingerprint density at radius 2 is 1.69 bits per heavy atom. The monoisotopic (exact) mass is 260 g/mol. The van der Waals surface area contributed by atoms with Gasteiger partial charge < -0.3 is 0 Å². The Morgan fingerprint density at radius 1 is 0.938 bits per heavy atom. The molecule has 2 rings (SSSR count). The van der Waals surface area contributed by atoms with Gasteiger partial charge in [-0.2, -0.15) is 0 Å². The Hall–Kier alpha value is -1.26. The Bertz CT molecular complexity index is 546. The first-order valence-corrected chi connectivity index (χ1v) is 4.97. The van der Waals surface area contributed by atoms with Gasteiger partial charge in [0.2, 0.25) is 0 Å². The van der Waals surface area contributed by atoms with E-state index in [0.717, 1.165) is 12.1 Å². The maximum Gasteiger partial charge on any atom is 0.159 e. The third-order valence-electron chi connectivity index (χ3n) is 1.94. The highest BCUT2D eigenvalue weighted by atomic mass is 35.5. The second kappa shape index (κ2) is 4.31. The van der Waals surface area contributed by atoms with E-state index in [0.29, 0.717) is 0 Å². The molecule has 0 saturated heterocycles. The highest BCUT2D eigenvalue weighted by Crippen LogP contribution is 2.29. The van der Waals surface area contributed by atoms with Crippen LogP contribution in [0.15, 0.2) is 24.3 Å². The van der Waals surface area contributed by atoms with Crippen LogP contribution in [0.5, 0.6) is 0 Å². The lowest BCUT2D eigenvalue weighted by Crippen LogP contribution is -1.91. The summed E-state index contributed by atoms with van der Waals surface area (Å²) in [4.78, 5) is 0. The highest BCUT2D eigenvalue weighted by molar-refractivity contribution is 6.33. The van der Waals surface area contributed by atoms with Crippen LogP contribution >= 0.6 is 23.2 Å². The van der Waals surface area contributed by atoms with E-state index in [1.54, 1.807) is 0 Å². The van der Waals surface area contributed by atoms with Crippen LogP contribution in [0.25, 0.3) is 11.1 Å². The molecule has 2 aromatic rings. The van der Waals surface area contributed by atoms with Gasteiger partial charge in [-0.15, -0.1) is 10.2 Å². The predicted octanol–water partition coefficient (Wildman–Crippen LogP) is 3.73. The van der Waals surface area contributed by atoms with E-state index in [2.05, 4.69) is 10.2 Å². The Labute approximate surface area is 99.8 Å². The molecule has 0 aliphatic carbocycles. The molecule has 0 amide bonds. The fourth-order valence-electron chi connectivity index (χ4n) is 1.25. The van der Waals surface area contributed by atoms with Crippen LogP contribution in [0.1, 0.15) is 0 Å². The highest BCUT2D eigenvalue weighted by Gasteiger charge is 2.12. The first-order valence-electron chi connectivity index (χ1n) is 4.22. The maximum absolute atomic E-state index is 13.5. The summed E-state index contributed by atoms with van der Waals surface area (Å²) >= 11 is 11.4. The Morgan fingerprint density at radius 3 is 2.38 bits per heavy atom. The molecule has 0 atom stereocenters. The molecule has 1 aromatic heterocycles. The van der Waals surface area contributed by atoms with Crippen molar-refractivity contribution in [3.63, 3.8) is 0 Å². The van der Waals surface area contributed by atoms with Crippen molar-refractivity contribution in [2.24, 2.45) is 0 Å². The van der Waals surface area contributed by atoms with E-state index < -0.39 is 11.6 Å². The molecule has 0 bridgehead atoms. The summed E-state index contributed by atoms with van der Waals surface area (Å²) in [6, 6.07) is 4.53. The number of benzene rings is 1. The molecule has 6 heteroatoms. The number of hydrogen-bond donors (Lipinski definition) is 0. The molecule has 0 aliphatic rings. The normalized spacial score (nSPS) is 10.5. The molecular weight excluding hydrogens is 257 g/mol. The van der Waals surface area contributed by atoms with Crippen molar-refractivity contribution in [2.45, 2.75) is 0 Å². The molecule has 2 nitrogen and oxygen atoms in total. The van der Waals surface area contributed by atoms with Gasteiger partial charge in [-0.25, -0.2) is 8.78 Å². The van der Waals surface area contributed by atoms with Crippen LogP contribution in [0.2, 0.25) is 10.3 Å². The Kier molecular flexibility index (Phi) is 3.03. The summed E-state index contributed by atoms with van der Waals surface area (Å²) in [5.74, 6) is -1.39. The Balaban J connectivity index is 2.62. The average molecular weight is 261 g/mol. The molecule has 0 unspecified atom stereocenters. The van der Waals surface area contributed by atoms with Crippen molar-refractivity contribution in [1.29, 1.82) is 0 Å². The standard InChI is InChI=1S/C10H4Cl2F2N2/c11-9-4-7(10(12)16-15-9)6-2-1-5(13)3-8(6)14/h1-4H. The molecule has 0 spiro atoms. The maximum atomic E-state index is 13.5.